The Hall–Kier alpha value is -3.00. The second kappa shape index (κ2) is 9.47. The number of phenolic OH excluding ortho intramolecular Hbond substituents is 1. The lowest BCUT2D eigenvalue weighted by Gasteiger charge is -2.19. The van der Waals surface area contributed by atoms with E-state index in [1.54, 1.807) is 60.3 Å². The van der Waals surface area contributed by atoms with Crippen molar-refractivity contribution >= 4 is 28.6 Å². The summed E-state index contributed by atoms with van der Waals surface area (Å²) < 4.78 is 1.02. The average molecular weight is 413 g/mol. The van der Waals surface area contributed by atoms with Crippen molar-refractivity contribution in [2.75, 3.05) is 18.6 Å². The number of H-pyrrole nitrogens is 1. The van der Waals surface area contributed by atoms with Gasteiger partial charge in [0.15, 0.2) is 0 Å². The lowest BCUT2D eigenvalue weighted by molar-refractivity contribution is -0.124. The van der Waals surface area contributed by atoms with Crippen LogP contribution in [0.15, 0.2) is 58.1 Å². The highest BCUT2D eigenvalue weighted by Gasteiger charge is 2.24. The summed E-state index contributed by atoms with van der Waals surface area (Å²) >= 11 is 1.55. The van der Waals surface area contributed by atoms with Crippen LogP contribution in [-0.2, 0) is 11.2 Å². The Balaban J connectivity index is 1.83. The van der Waals surface area contributed by atoms with Gasteiger partial charge in [-0.05, 0) is 54.7 Å². The van der Waals surface area contributed by atoms with Gasteiger partial charge in [-0.25, -0.2) is 9.36 Å². The van der Waals surface area contributed by atoms with Crippen molar-refractivity contribution in [1.82, 2.24) is 14.9 Å². The third-order valence-electron chi connectivity index (χ3n) is 4.70. The molecule has 1 atom stereocenters. The quantitative estimate of drug-likeness (QED) is 0.524. The molecular formula is C21H23N3O4S. The number of hydrogen-bond donors (Lipinski definition) is 3. The van der Waals surface area contributed by atoms with Gasteiger partial charge in [0.25, 0.3) is 5.56 Å². The molecule has 0 bridgehead atoms. The van der Waals surface area contributed by atoms with Crippen molar-refractivity contribution < 1.29 is 9.90 Å². The molecule has 3 N–H and O–H groups in total. The van der Waals surface area contributed by atoms with Crippen LogP contribution in [-0.4, -0.2) is 39.1 Å². The van der Waals surface area contributed by atoms with Crippen molar-refractivity contribution in [1.29, 1.82) is 0 Å². The van der Waals surface area contributed by atoms with Gasteiger partial charge in [0.05, 0.1) is 10.9 Å². The number of carbonyl (C=O) groups is 1. The number of hydrogen-bond acceptors (Lipinski definition) is 5. The summed E-state index contributed by atoms with van der Waals surface area (Å²) in [4.78, 5) is 41.1. The fraction of sp³-hybridized carbons (Fsp3) is 0.286. The third-order valence-corrected chi connectivity index (χ3v) is 5.34. The number of benzene rings is 2. The van der Waals surface area contributed by atoms with Crippen molar-refractivity contribution in [3.8, 4) is 5.75 Å². The van der Waals surface area contributed by atoms with Crippen molar-refractivity contribution in [2.45, 2.75) is 18.9 Å². The Morgan fingerprint density at radius 3 is 2.62 bits per heavy atom. The third kappa shape index (κ3) is 4.89. The molecule has 0 aliphatic rings. The maximum absolute atomic E-state index is 12.9. The van der Waals surface area contributed by atoms with Gasteiger partial charge in [-0.1, -0.05) is 24.3 Å². The molecule has 0 fully saturated rings. The molecule has 152 valence electrons. The smallest absolute Gasteiger partial charge is 0.329 e. The number of amides is 1. The van der Waals surface area contributed by atoms with Crippen LogP contribution in [0.3, 0.4) is 0 Å². The molecule has 0 radical (unpaired) electrons. The largest absolute Gasteiger partial charge is 0.508 e. The monoisotopic (exact) mass is 413 g/mol. The van der Waals surface area contributed by atoms with Gasteiger partial charge in [-0.3, -0.25) is 9.59 Å². The predicted octanol–water partition coefficient (Wildman–Crippen LogP) is 2.05. The molecule has 2 aromatic carbocycles. The minimum Gasteiger partial charge on any atom is -0.508 e. The normalized spacial score (nSPS) is 12.0. The Bertz CT molecular complexity index is 1110. The Labute approximate surface area is 171 Å². The van der Waals surface area contributed by atoms with Crippen LogP contribution in [0.2, 0.25) is 0 Å². The van der Waals surface area contributed by atoms with E-state index in [0.717, 1.165) is 10.1 Å². The van der Waals surface area contributed by atoms with Crippen molar-refractivity contribution in [3.63, 3.8) is 0 Å². The van der Waals surface area contributed by atoms with E-state index >= 15 is 0 Å². The van der Waals surface area contributed by atoms with E-state index in [2.05, 4.69) is 10.3 Å². The first-order chi connectivity index (χ1) is 14.0. The number of nitrogens with one attached hydrogen (secondary N) is 2. The molecule has 0 saturated heterocycles. The van der Waals surface area contributed by atoms with Gasteiger partial charge >= 0.3 is 5.69 Å². The molecule has 1 unspecified atom stereocenters. The van der Waals surface area contributed by atoms with Gasteiger partial charge in [-0.15, -0.1) is 0 Å². The van der Waals surface area contributed by atoms with E-state index in [1.807, 2.05) is 6.26 Å². The minimum atomic E-state index is -0.886. The van der Waals surface area contributed by atoms with Crippen LogP contribution in [0.4, 0.5) is 0 Å². The molecular weight excluding hydrogens is 390 g/mol. The second-order valence-electron chi connectivity index (χ2n) is 6.66. The number of nitrogens with zero attached hydrogens (tertiary/aromatic N) is 1. The number of rotatable bonds is 8. The van der Waals surface area contributed by atoms with E-state index in [9.17, 15) is 19.5 Å². The van der Waals surface area contributed by atoms with E-state index in [4.69, 9.17) is 0 Å². The first-order valence-electron chi connectivity index (χ1n) is 9.29. The molecule has 1 aromatic heterocycles. The van der Waals surface area contributed by atoms with E-state index in [1.165, 1.54) is 0 Å². The van der Waals surface area contributed by atoms with Crippen molar-refractivity contribution in [3.05, 3.63) is 74.9 Å². The lowest BCUT2D eigenvalue weighted by atomic mass is 10.1. The molecule has 7 nitrogen and oxygen atoms in total. The zero-order valence-corrected chi connectivity index (χ0v) is 16.9. The Morgan fingerprint density at radius 1 is 1.17 bits per heavy atom. The highest BCUT2D eigenvalue weighted by molar-refractivity contribution is 7.98. The minimum absolute atomic E-state index is 0.185. The fourth-order valence-electron chi connectivity index (χ4n) is 3.18. The van der Waals surface area contributed by atoms with Gasteiger partial charge in [0.2, 0.25) is 5.91 Å². The number of thioether (sulfide) groups is 1. The number of aromatic hydroxyl groups is 1. The molecule has 1 amide bonds. The van der Waals surface area contributed by atoms with E-state index < -0.39 is 17.3 Å². The highest BCUT2D eigenvalue weighted by atomic mass is 32.2. The summed E-state index contributed by atoms with van der Waals surface area (Å²) in [5, 5.41) is 12.5. The number of aromatic amines is 1. The number of phenols is 1. The zero-order chi connectivity index (χ0) is 20.8. The lowest BCUT2D eigenvalue weighted by Crippen LogP contribution is -2.45. The maximum Gasteiger partial charge on any atom is 0.329 e. The zero-order valence-electron chi connectivity index (χ0n) is 16.1. The molecule has 29 heavy (non-hydrogen) atoms. The van der Waals surface area contributed by atoms with Crippen LogP contribution in [0.5, 0.6) is 5.75 Å². The summed E-state index contributed by atoms with van der Waals surface area (Å²) in [6, 6.07) is 12.6. The second-order valence-corrected chi connectivity index (χ2v) is 7.64. The van der Waals surface area contributed by atoms with Crippen LogP contribution >= 0.6 is 11.8 Å². The predicted molar refractivity (Wildman–Crippen MR) is 116 cm³/mol. The summed E-state index contributed by atoms with van der Waals surface area (Å²) in [6.07, 6.45) is 2.85. The Kier molecular flexibility index (Phi) is 6.77. The van der Waals surface area contributed by atoms with Gasteiger partial charge in [0, 0.05) is 6.54 Å². The molecule has 3 aromatic rings. The number of fused-ring (bicyclic) bond motifs is 1. The van der Waals surface area contributed by atoms with Crippen LogP contribution in [0.1, 0.15) is 18.0 Å². The summed E-state index contributed by atoms with van der Waals surface area (Å²) in [7, 11) is 0. The van der Waals surface area contributed by atoms with Crippen LogP contribution in [0, 0.1) is 0 Å². The summed E-state index contributed by atoms with van der Waals surface area (Å²) in [5.41, 5.74) is 0.359. The highest BCUT2D eigenvalue weighted by Crippen LogP contribution is 2.14. The first-order valence-corrected chi connectivity index (χ1v) is 10.7. The van der Waals surface area contributed by atoms with Gasteiger partial charge in [0.1, 0.15) is 11.8 Å². The standard InChI is InChI=1S/C21H23N3O4S/c1-29-13-11-18(19(26)22-12-10-14-6-8-15(25)9-7-14)24-20(27)16-4-2-3-5-17(16)23-21(24)28/h2-9,18,25H,10-13H2,1H3,(H,22,26)(H,23,28). The molecule has 0 aliphatic heterocycles. The Morgan fingerprint density at radius 2 is 1.90 bits per heavy atom. The number of para-hydroxylation sites is 1. The number of aromatic nitrogens is 2. The van der Waals surface area contributed by atoms with Crippen LogP contribution < -0.4 is 16.6 Å². The average Bonchev–Trinajstić information content (AvgIpc) is 2.71. The molecule has 3 rings (SSSR count). The number of carbonyl (C=O) groups excluding carboxylic acids is 1. The maximum atomic E-state index is 12.9. The first kappa shape index (κ1) is 20.7. The van der Waals surface area contributed by atoms with Gasteiger partial charge < -0.3 is 15.4 Å². The summed E-state index contributed by atoms with van der Waals surface area (Å²) in [6.45, 7) is 0.361. The molecule has 0 aliphatic carbocycles. The van der Waals surface area contributed by atoms with Gasteiger partial charge in [-0.2, -0.15) is 11.8 Å². The van der Waals surface area contributed by atoms with E-state index in [-0.39, 0.29) is 11.7 Å². The molecule has 8 heteroatoms. The van der Waals surface area contributed by atoms with Crippen LogP contribution in [0.25, 0.3) is 10.9 Å². The van der Waals surface area contributed by atoms with E-state index in [0.29, 0.717) is 36.0 Å². The fourth-order valence-corrected chi connectivity index (χ4v) is 3.64. The topological polar surface area (TPSA) is 104 Å². The SMILES string of the molecule is CSCCC(C(=O)NCCc1ccc(O)cc1)n1c(=O)[nH]c2ccccc2c1=O. The molecule has 0 saturated carbocycles. The summed E-state index contributed by atoms with van der Waals surface area (Å²) in [5.74, 6) is 0.458. The van der Waals surface area contributed by atoms with Crippen molar-refractivity contribution in [2.24, 2.45) is 0 Å². The molecule has 0 spiro atoms. The molecule has 1 heterocycles.